The maximum Gasteiger partial charge on any atom is 0.165 e. The van der Waals surface area contributed by atoms with E-state index >= 15 is 0 Å². The Balaban J connectivity index is 2.69. The summed E-state index contributed by atoms with van der Waals surface area (Å²) in [6.07, 6.45) is 1.08. The molecule has 0 saturated heterocycles. The third kappa shape index (κ3) is 3.98. The largest absolute Gasteiger partial charge is 0.494 e. The van der Waals surface area contributed by atoms with Crippen LogP contribution in [0.15, 0.2) is 18.2 Å². The van der Waals surface area contributed by atoms with E-state index in [4.69, 9.17) is 10.5 Å². The molecular weight excluding hydrogens is 219 g/mol. The highest BCUT2D eigenvalue weighted by Crippen LogP contribution is 2.21. The minimum Gasteiger partial charge on any atom is -0.494 e. The molecule has 0 aliphatic rings. The third-order valence-electron chi connectivity index (χ3n) is 2.72. The fourth-order valence-electron chi connectivity index (χ4n) is 1.83. The molecular formula is C13H21FN2O. The quantitative estimate of drug-likeness (QED) is 0.828. The highest BCUT2D eigenvalue weighted by atomic mass is 19.1. The Morgan fingerprint density at radius 2 is 2.18 bits per heavy atom. The van der Waals surface area contributed by atoms with Crippen LogP contribution < -0.4 is 10.5 Å². The van der Waals surface area contributed by atoms with Crippen molar-refractivity contribution in [3.05, 3.63) is 29.6 Å². The number of likely N-dealkylation sites (N-methyl/N-ethyl adjacent to an activating group) is 1. The van der Waals surface area contributed by atoms with Gasteiger partial charge in [-0.25, -0.2) is 4.39 Å². The van der Waals surface area contributed by atoms with Crippen LogP contribution in [-0.4, -0.2) is 32.1 Å². The topological polar surface area (TPSA) is 38.5 Å². The van der Waals surface area contributed by atoms with E-state index in [1.54, 1.807) is 6.07 Å². The average molecular weight is 240 g/mol. The molecule has 0 aliphatic carbocycles. The summed E-state index contributed by atoms with van der Waals surface area (Å²) in [5, 5.41) is 0. The minimum absolute atomic E-state index is 0.174. The first-order valence-corrected chi connectivity index (χ1v) is 5.86. The lowest BCUT2D eigenvalue weighted by Gasteiger charge is -2.21. The van der Waals surface area contributed by atoms with Gasteiger partial charge in [-0.2, -0.15) is 0 Å². The first kappa shape index (κ1) is 13.9. The molecule has 0 fully saturated rings. The SMILES string of the molecule is CCCN(C)CC(N)c1ccc(OC)c(F)c1. The fourth-order valence-corrected chi connectivity index (χ4v) is 1.83. The molecule has 2 N–H and O–H groups in total. The molecule has 17 heavy (non-hydrogen) atoms. The highest BCUT2D eigenvalue weighted by Gasteiger charge is 2.11. The van der Waals surface area contributed by atoms with Gasteiger partial charge >= 0.3 is 0 Å². The van der Waals surface area contributed by atoms with Crippen LogP contribution in [-0.2, 0) is 0 Å². The Morgan fingerprint density at radius 3 is 2.71 bits per heavy atom. The molecule has 0 saturated carbocycles. The van der Waals surface area contributed by atoms with Crippen LogP contribution in [0.1, 0.15) is 24.9 Å². The molecule has 96 valence electrons. The Bertz CT molecular complexity index is 357. The lowest BCUT2D eigenvalue weighted by molar-refractivity contribution is 0.312. The fraction of sp³-hybridized carbons (Fsp3) is 0.538. The molecule has 0 spiro atoms. The third-order valence-corrected chi connectivity index (χ3v) is 2.72. The molecule has 1 aromatic rings. The van der Waals surface area contributed by atoms with Gasteiger partial charge in [0.15, 0.2) is 11.6 Å². The number of nitrogens with zero attached hydrogens (tertiary/aromatic N) is 1. The summed E-state index contributed by atoms with van der Waals surface area (Å²) in [6.45, 7) is 3.83. The van der Waals surface area contributed by atoms with Crippen molar-refractivity contribution in [1.82, 2.24) is 4.90 Å². The van der Waals surface area contributed by atoms with E-state index < -0.39 is 0 Å². The Labute approximate surface area is 102 Å². The Morgan fingerprint density at radius 1 is 1.47 bits per heavy atom. The molecule has 0 heterocycles. The van der Waals surface area contributed by atoms with Crippen LogP contribution in [0.5, 0.6) is 5.75 Å². The summed E-state index contributed by atoms with van der Waals surface area (Å²) in [4.78, 5) is 2.15. The van der Waals surface area contributed by atoms with E-state index in [9.17, 15) is 4.39 Å². The highest BCUT2D eigenvalue weighted by molar-refractivity contribution is 5.31. The lowest BCUT2D eigenvalue weighted by Crippen LogP contribution is -2.29. The molecule has 1 unspecified atom stereocenters. The molecule has 0 aliphatic heterocycles. The molecule has 0 radical (unpaired) electrons. The molecule has 1 rings (SSSR count). The van der Waals surface area contributed by atoms with E-state index in [0.717, 1.165) is 25.1 Å². The van der Waals surface area contributed by atoms with Crippen molar-refractivity contribution >= 4 is 0 Å². The van der Waals surface area contributed by atoms with E-state index in [1.807, 2.05) is 13.1 Å². The van der Waals surface area contributed by atoms with Gasteiger partial charge in [0, 0.05) is 12.6 Å². The number of rotatable bonds is 6. The smallest absolute Gasteiger partial charge is 0.165 e. The van der Waals surface area contributed by atoms with Crippen molar-refractivity contribution in [3.8, 4) is 5.75 Å². The molecule has 1 atom stereocenters. The first-order valence-electron chi connectivity index (χ1n) is 5.86. The standard InChI is InChI=1S/C13H21FN2O/c1-4-7-16(2)9-12(15)10-5-6-13(17-3)11(14)8-10/h5-6,8,12H,4,7,9,15H2,1-3H3. The van der Waals surface area contributed by atoms with Crippen LogP contribution in [0.2, 0.25) is 0 Å². The summed E-state index contributed by atoms with van der Waals surface area (Å²) in [5.74, 6) is -0.110. The molecule has 0 bridgehead atoms. The van der Waals surface area contributed by atoms with Crippen LogP contribution in [0.4, 0.5) is 4.39 Å². The number of methoxy groups -OCH3 is 1. The number of benzene rings is 1. The van der Waals surface area contributed by atoms with Gasteiger partial charge in [0.05, 0.1) is 7.11 Å². The van der Waals surface area contributed by atoms with Crippen molar-refractivity contribution in [1.29, 1.82) is 0 Å². The maximum absolute atomic E-state index is 13.5. The van der Waals surface area contributed by atoms with Gasteiger partial charge in [-0.15, -0.1) is 0 Å². The van der Waals surface area contributed by atoms with E-state index in [0.29, 0.717) is 0 Å². The Hall–Kier alpha value is -1.13. The average Bonchev–Trinajstić information content (AvgIpc) is 2.29. The van der Waals surface area contributed by atoms with Gasteiger partial charge in [-0.3, -0.25) is 0 Å². The second-order valence-electron chi connectivity index (χ2n) is 4.26. The number of hydrogen-bond donors (Lipinski definition) is 1. The summed E-state index contributed by atoms with van der Waals surface area (Å²) in [6, 6.07) is 4.70. The molecule has 4 heteroatoms. The van der Waals surface area contributed by atoms with Crippen LogP contribution in [0.3, 0.4) is 0 Å². The maximum atomic E-state index is 13.5. The summed E-state index contributed by atoms with van der Waals surface area (Å²) in [7, 11) is 3.47. The van der Waals surface area contributed by atoms with Crippen LogP contribution >= 0.6 is 0 Å². The van der Waals surface area contributed by atoms with Gasteiger partial charge in [0.25, 0.3) is 0 Å². The minimum atomic E-state index is -0.362. The van der Waals surface area contributed by atoms with Crippen molar-refractivity contribution < 1.29 is 9.13 Å². The molecule has 0 amide bonds. The van der Waals surface area contributed by atoms with Crippen molar-refractivity contribution in [2.24, 2.45) is 5.73 Å². The predicted molar refractivity (Wildman–Crippen MR) is 67.7 cm³/mol. The van der Waals surface area contributed by atoms with Gasteiger partial charge in [-0.05, 0) is 37.7 Å². The lowest BCUT2D eigenvalue weighted by atomic mass is 10.1. The zero-order chi connectivity index (χ0) is 12.8. The molecule has 3 nitrogen and oxygen atoms in total. The van der Waals surface area contributed by atoms with E-state index in [1.165, 1.54) is 13.2 Å². The van der Waals surface area contributed by atoms with Crippen molar-refractivity contribution in [2.45, 2.75) is 19.4 Å². The second-order valence-corrected chi connectivity index (χ2v) is 4.26. The number of nitrogens with two attached hydrogens (primary N) is 1. The number of ether oxygens (including phenoxy) is 1. The summed E-state index contributed by atoms with van der Waals surface area (Å²) >= 11 is 0. The Kier molecular flexibility index (Phi) is 5.38. The van der Waals surface area contributed by atoms with Crippen molar-refractivity contribution in [3.63, 3.8) is 0 Å². The molecule has 1 aromatic carbocycles. The van der Waals surface area contributed by atoms with Gasteiger partial charge < -0.3 is 15.4 Å². The predicted octanol–water partition coefficient (Wildman–Crippen LogP) is 2.18. The molecule has 0 aromatic heterocycles. The number of hydrogen-bond acceptors (Lipinski definition) is 3. The van der Waals surface area contributed by atoms with E-state index in [-0.39, 0.29) is 17.6 Å². The van der Waals surface area contributed by atoms with Crippen LogP contribution in [0.25, 0.3) is 0 Å². The van der Waals surface area contributed by atoms with E-state index in [2.05, 4.69) is 11.8 Å². The second kappa shape index (κ2) is 6.57. The summed E-state index contributed by atoms with van der Waals surface area (Å²) in [5.41, 5.74) is 6.83. The normalized spacial score (nSPS) is 12.8. The zero-order valence-corrected chi connectivity index (χ0v) is 10.7. The van der Waals surface area contributed by atoms with Crippen molar-refractivity contribution in [2.75, 3.05) is 27.2 Å². The summed E-state index contributed by atoms with van der Waals surface area (Å²) < 4.78 is 18.4. The first-order chi connectivity index (χ1) is 8.08. The van der Waals surface area contributed by atoms with Gasteiger partial charge in [-0.1, -0.05) is 13.0 Å². The zero-order valence-electron chi connectivity index (χ0n) is 10.7. The monoisotopic (exact) mass is 240 g/mol. The number of halogens is 1. The van der Waals surface area contributed by atoms with Gasteiger partial charge in [0.1, 0.15) is 0 Å². The van der Waals surface area contributed by atoms with Gasteiger partial charge in [0.2, 0.25) is 0 Å². The van der Waals surface area contributed by atoms with Crippen LogP contribution in [0, 0.1) is 5.82 Å².